The van der Waals surface area contributed by atoms with Gasteiger partial charge >= 0.3 is 0 Å². The maximum Gasteiger partial charge on any atom is 0.254 e. The molecule has 3 saturated heterocycles. The summed E-state index contributed by atoms with van der Waals surface area (Å²) in [6.07, 6.45) is 6.94. The number of rotatable bonds is 2. The fourth-order valence-electron chi connectivity index (χ4n) is 6.34. The van der Waals surface area contributed by atoms with Gasteiger partial charge in [-0.25, -0.2) is 9.99 Å². The Hall–Kier alpha value is -1.97. The molecule has 6 atom stereocenters. The molecule has 3 aliphatic heterocycles. The van der Waals surface area contributed by atoms with E-state index in [2.05, 4.69) is 40.0 Å². The summed E-state index contributed by atoms with van der Waals surface area (Å²) in [5.74, 6) is 1.19. The van der Waals surface area contributed by atoms with Crippen molar-refractivity contribution in [3.63, 3.8) is 0 Å². The van der Waals surface area contributed by atoms with Crippen molar-refractivity contribution in [2.24, 2.45) is 11.8 Å². The number of fused-ring (bicyclic) bond motifs is 4. The number of aromatic nitrogens is 2. The standard InChI is InChI=1S/C26H37ClN6O2/c1-16-4-3-5-23(21-10-17(8-9-28-21)26-22(29-13-16)14-31-32(26)2)33-15-30-20(12-25(33)35)19-11-18(27)6-7-24(19)34/h6-7,11-12,15-17,21-23,26,28-29,31,34H,3-5,8-10,13-14H2,1-2H3/t16-,17?,21?,22?,23+,26?/m1/s1. The second-order valence-electron chi connectivity index (χ2n) is 10.6. The van der Waals surface area contributed by atoms with E-state index in [1.165, 1.54) is 12.1 Å². The van der Waals surface area contributed by atoms with Gasteiger partial charge < -0.3 is 15.7 Å². The van der Waals surface area contributed by atoms with Crippen LogP contribution in [-0.2, 0) is 0 Å². The minimum absolute atomic E-state index is 0.0394. The number of benzene rings is 1. The molecule has 3 aliphatic rings. The highest BCUT2D eigenvalue weighted by molar-refractivity contribution is 6.30. The molecule has 5 rings (SSSR count). The van der Waals surface area contributed by atoms with Gasteiger partial charge in [-0.15, -0.1) is 0 Å². The van der Waals surface area contributed by atoms with Gasteiger partial charge in [0.25, 0.3) is 5.56 Å². The predicted octanol–water partition coefficient (Wildman–Crippen LogP) is 2.78. The van der Waals surface area contributed by atoms with Crippen molar-refractivity contribution in [2.45, 2.75) is 63.2 Å². The predicted molar refractivity (Wildman–Crippen MR) is 139 cm³/mol. The average Bonchev–Trinajstić information content (AvgIpc) is 3.22. The number of likely N-dealkylation sites (N-methyl/N-ethyl adjacent to an activating group) is 1. The number of hydrogen-bond acceptors (Lipinski definition) is 7. The Morgan fingerprint density at radius 3 is 2.80 bits per heavy atom. The third-order valence-electron chi connectivity index (χ3n) is 8.20. The zero-order chi connectivity index (χ0) is 24.5. The summed E-state index contributed by atoms with van der Waals surface area (Å²) < 4.78 is 1.81. The highest BCUT2D eigenvalue weighted by atomic mass is 35.5. The Morgan fingerprint density at radius 1 is 1.11 bits per heavy atom. The molecule has 0 spiro atoms. The van der Waals surface area contributed by atoms with Crippen molar-refractivity contribution in [1.29, 1.82) is 0 Å². The highest BCUT2D eigenvalue weighted by Gasteiger charge is 2.41. The van der Waals surface area contributed by atoms with Gasteiger partial charge in [0.2, 0.25) is 0 Å². The van der Waals surface area contributed by atoms with Gasteiger partial charge in [-0.3, -0.25) is 14.8 Å². The van der Waals surface area contributed by atoms with E-state index in [-0.39, 0.29) is 23.4 Å². The van der Waals surface area contributed by atoms with Crippen LogP contribution >= 0.6 is 11.6 Å². The molecule has 8 nitrogen and oxygen atoms in total. The zero-order valence-electron chi connectivity index (χ0n) is 20.6. The Morgan fingerprint density at radius 2 is 1.97 bits per heavy atom. The first-order valence-electron chi connectivity index (χ1n) is 12.9. The number of phenolic OH excluding ortho intramolecular Hbond substituents is 1. The maximum atomic E-state index is 13.4. The van der Waals surface area contributed by atoms with E-state index in [1.54, 1.807) is 18.5 Å². The van der Waals surface area contributed by atoms with Crippen LogP contribution in [0.5, 0.6) is 5.75 Å². The molecule has 2 aromatic rings. The number of phenols is 1. The van der Waals surface area contributed by atoms with Gasteiger partial charge in [0, 0.05) is 48.4 Å². The van der Waals surface area contributed by atoms with Gasteiger partial charge in [-0.2, -0.15) is 0 Å². The van der Waals surface area contributed by atoms with Crippen LogP contribution in [0.15, 0.2) is 35.4 Å². The summed E-state index contributed by atoms with van der Waals surface area (Å²) in [4.78, 5) is 18.0. The quantitative estimate of drug-likeness (QED) is 0.503. The van der Waals surface area contributed by atoms with Gasteiger partial charge in [-0.1, -0.05) is 24.9 Å². The first kappa shape index (κ1) is 24.7. The molecule has 4 heterocycles. The molecule has 4 unspecified atom stereocenters. The summed E-state index contributed by atoms with van der Waals surface area (Å²) in [6, 6.07) is 7.45. The van der Waals surface area contributed by atoms with Crippen LogP contribution in [0.25, 0.3) is 11.3 Å². The van der Waals surface area contributed by atoms with Crippen LogP contribution in [-0.4, -0.2) is 64.5 Å². The zero-order valence-corrected chi connectivity index (χ0v) is 21.3. The number of halogens is 1. The third kappa shape index (κ3) is 5.27. The third-order valence-corrected chi connectivity index (χ3v) is 8.43. The Bertz CT molecular complexity index is 1090. The first-order chi connectivity index (χ1) is 16.9. The van der Waals surface area contributed by atoms with Crippen molar-refractivity contribution in [3.8, 4) is 17.0 Å². The molecule has 1 aromatic carbocycles. The number of aromatic hydroxyl groups is 1. The van der Waals surface area contributed by atoms with Crippen molar-refractivity contribution >= 4 is 11.6 Å². The van der Waals surface area contributed by atoms with Crippen LogP contribution in [0.4, 0.5) is 0 Å². The van der Waals surface area contributed by atoms with E-state index in [1.807, 2.05) is 4.57 Å². The van der Waals surface area contributed by atoms with Crippen LogP contribution in [0.3, 0.4) is 0 Å². The minimum atomic E-state index is -0.0948. The van der Waals surface area contributed by atoms with Crippen molar-refractivity contribution in [1.82, 2.24) is 30.6 Å². The van der Waals surface area contributed by atoms with Gasteiger partial charge in [0.05, 0.1) is 18.1 Å². The van der Waals surface area contributed by atoms with Crippen LogP contribution in [0, 0.1) is 11.8 Å². The first-order valence-corrected chi connectivity index (χ1v) is 13.3. The van der Waals surface area contributed by atoms with Gasteiger partial charge in [0.15, 0.2) is 0 Å². The molecule has 2 bridgehead atoms. The SMILES string of the molecule is C[C@@H]1CCC[C@H](n2cnc(-c3cc(Cl)ccc3O)cc2=O)C2CC(CCN2)C2C(CNN2C)NC1. The topological polar surface area (TPSA) is 94.4 Å². The number of hydrazine groups is 1. The minimum Gasteiger partial charge on any atom is -0.507 e. The molecule has 0 amide bonds. The molecule has 1 aromatic heterocycles. The normalized spacial score (nSPS) is 32.4. The Balaban J connectivity index is 1.46. The van der Waals surface area contributed by atoms with E-state index < -0.39 is 0 Å². The molecule has 0 aliphatic carbocycles. The Kier molecular flexibility index (Phi) is 7.46. The lowest BCUT2D eigenvalue weighted by atomic mass is 9.80. The van der Waals surface area contributed by atoms with E-state index in [4.69, 9.17) is 11.6 Å². The fraction of sp³-hybridized carbons (Fsp3) is 0.615. The number of hydrogen-bond donors (Lipinski definition) is 4. The fourth-order valence-corrected chi connectivity index (χ4v) is 6.52. The lowest BCUT2D eigenvalue weighted by Crippen LogP contribution is -2.54. The number of nitrogens with one attached hydrogen (secondary N) is 3. The van der Waals surface area contributed by atoms with E-state index in [0.29, 0.717) is 40.2 Å². The maximum absolute atomic E-state index is 13.4. The second kappa shape index (κ2) is 10.6. The lowest BCUT2D eigenvalue weighted by molar-refractivity contribution is 0.108. The highest BCUT2D eigenvalue weighted by Crippen LogP contribution is 2.34. The summed E-state index contributed by atoms with van der Waals surface area (Å²) in [5.41, 5.74) is 4.36. The van der Waals surface area contributed by atoms with Crippen LogP contribution in [0.2, 0.25) is 5.02 Å². The smallest absolute Gasteiger partial charge is 0.254 e. The molecule has 9 heteroatoms. The second-order valence-corrected chi connectivity index (χ2v) is 11.0. The van der Waals surface area contributed by atoms with E-state index in [9.17, 15) is 9.90 Å². The monoisotopic (exact) mass is 500 g/mol. The molecule has 35 heavy (non-hydrogen) atoms. The summed E-state index contributed by atoms with van der Waals surface area (Å²) in [7, 11) is 2.16. The molecular formula is C26H37ClN6O2. The van der Waals surface area contributed by atoms with E-state index in [0.717, 1.165) is 51.7 Å². The molecule has 0 radical (unpaired) electrons. The van der Waals surface area contributed by atoms with Crippen LogP contribution < -0.4 is 21.6 Å². The number of nitrogens with zero attached hydrogens (tertiary/aromatic N) is 3. The lowest BCUT2D eigenvalue weighted by Gasteiger charge is -2.42. The van der Waals surface area contributed by atoms with Crippen LogP contribution in [0.1, 0.15) is 45.1 Å². The molecule has 0 saturated carbocycles. The molecule has 3 fully saturated rings. The molecule has 190 valence electrons. The number of piperidine rings is 1. The summed E-state index contributed by atoms with van der Waals surface area (Å²) in [6.45, 7) is 5.26. The molecule has 4 N–H and O–H groups in total. The molecular weight excluding hydrogens is 464 g/mol. The van der Waals surface area contributed by atoms with Gasteiger partial charge in [0.1, 0.15) is 5.75 Å². The van der Waals surface area contributed by atoms with E-state index >= 15 is 0 Å². The van der Waals surface area contributed by atoms with Crippen molar-refractivity contribution < 1.29 is 5.11 Å². The summed E-state index contributed by atoms with van der Waals surface area (Å²) in [5, 5.41) is 20.7. The average molecular weight is 501 g/mol. The van der Waals surface area contributed by atoms with Crippen molar-refractivity contribution in [3.05, 3.63) is 46.0 Å². The summed E-state index contributed by atoms with van der Waals surface area (Å²) >= 11 is 6.12. The van der Waals surface area contributed by atoms with Gasteiger partial charge in [-0.05, 0) is 68.8 Å². The van der Waals surface area contributed by atoms with Crippen molar-refractivity contribution in [2.75, 3.05) is 26.7 Å². The largest absolute Gasteiger partial charge is 0.507 e. The Labute approximate surface area is 212 Å².